The summed E-state index contributed by atoms with van der Waals surface area (Å²) >= 11 is 0. The molecule has 1 aliphatic heterocycles. The Hall–Kier alpha value is -3.73. The summed E-state index contributed by atoms with van der Waals surface area (Å²) in [6.07, 6.45) is 3.34. The van der Waals surface area contributed by atoms with Gasteiger partial charge >= 0.3 is 0 Å². The average Bonchev–Trinajstić information content (AvgIpc) is 2.73. The molecule has 0 saturated carbocycles. The third-order valence-electron chi connectivity index (χ3n) is 4.75. The highest BCUT2D eigenvalue weighted by molar-refractivity contribution is 5.97. The zero-order valence-corrected chi connectivity index (χ0v) is 14.4. The van der Waals surface area contributed by atoms with Gasteiger partial charge < -0.3 is 9.80 Å². The Balaban J connectivity index is 1.61. The standard InChI is InChI=1S/C19H16N6O2/c20-13-14-3-1-8-22-19(14)24-11-9-23(10-12-24)17-6-5-16(25(26)27)15-4-2-7-21-18(15)17/h1-8H,9-12H2. The van der Waals surface area contributed by atoms with Gasteiger partial charge in [-0.05, 0) is 30.3 Å². The Kier molecular flexibility index (Phi) is 4.26. The summed E-state index contributed by atoms with van der Waals surface area (Å²) in [5, 5.41) is 21.1. The lowest BCUT2D eigenvalue weighted by Gasteiger charge is -2.37. The van der Waals surface area contributed by atoms with Crippen LogP contribution in [0.15, 0.2) is 48.8 Å². The molecule has 1 aliphatic rings. The minimum atomic E-state index is -0.379. The average molecular weight is 360 g/mol. The SMILES string of the molecule is N#Cc1cccnc1N1CCN(c2ccc([N+](=O)[O-])c3cccnc23)CC1. The number of nitro benzene ring substituents is 1. The summed E-state index contributed by atoms with van der Waals surface area (Å²) in [5.74, 6) is 0.700. The van der Waals surface area contributed by atoms with Gasteiger partial charge in [-0.25, -0.2) is 4.98 Å². The first kappa shape index (κ1) is 16.7. The molecule has 0 amide bonds. The van der Waals surface area contributed by atoms with Crippen molar-refractivity contribution in [2.45, 2.75) is 0 Å². The van der Waals surface area contributed by atoms with E-state index in [-0.39, 0.29) is 10.6 Å². The second-order valence-electron chi connectivity index (χ2n) is 6.22. The lowest BCUT2D eigenvalue weighted by Crippen LogP contribution is -2.47. The van der Waals surface area contributed by atoms with Crippen LogP contribution in [0.5, 0.6) is 0 Å². The van der Waals surface area contributed by atoms with E-state index in [2.05, 4.69) is 25.8 Å². The Labute approximate surface area is 155 Å². The Morgan fingerprint density at radius 3 is 2.44 bits per heavy atom. The van der Waals surface area contributed by atoms with E-state index in [4.69, 9.17) is 0 Å². The predicted octanol–water partition coefficient (Wildman–Crippen LogP) is 2.74. The van der Waals surface area contributed by atoms with E-state index in [1.807, 2.05) is 0 Å². The van der Waals surface area contributed by atoms with E-state index in [0.717, 1.165) is 5.69 Å². The number of rotatable bonds is 3. The van der Waals surface area contributed by atoms with Crippen LogP contribution in [0.25, 0.3) is 10.9 Å². The zero-order valence-electron chi connectivity index (χ0n) is 14.4. The van der Waals surface area contributed by atoms with Crippen molar-refractivity contribution >= 4 is 28.1 Å². The fourth-order valence-corrected chi connectivity index (χ4v) is 3.45. The van der Waals surface area contributed by atoms with Gasteiger partial charge in [0.15, 0.2) is 0 Å². The number of piperazine rings is 1. The van der Waals surface area contributed by atoms with Gasteiger partial charge in [0.1, 0.15) is 17.4 Å². The molecule has 2 aromatic heterocycles. The van der Waals surface area contributed by atoms with Gasteiger partial charge in [-0.15, -0.1) is 0 Å². The van der Waals surface area contributed by atoms with Crippen molar-refractivity contribution in [3.63, 3.8) is 0 Å². The van der Waals surface area contributed by atoms with Gasteiger partial charge in [-0.1, -0.05) is 0 Å². The summed E-state index contributed by atoms with van der Waals surface area (Å²) in [6, 6.07) is 12.5. The number of pyridine rings is 2. The number of hydrogen-bond donors (Lipinski definition) is 0. The minimum absolute atomic E-state index is 0.0626. The molecule has 1 saturated heterocycles. The lowest BCUT2D eigenvalue weighted by molar-refractivity contribution is -0.383. The second-order valence-corrected chi connectivity index (χ2v) is 6.22. The molecular formula is C19H16N6O2. The van der Waals surface area contributed by atoms with Gasteiger partial charge in [-0.3, -0.25) is 15.1 Å². The van der Waals surface area contributed by atoms with Crippen molar-refractivity contribution in [2.24, 2.45) is 0 Å². The largest absolute Gasteiger partial charge is 0.366 e. The summed E-state index contributed by atoms with van der Waals surface area (Å²) in [7, 11) is 0. The number of hydrogen-bond acceptors (Lipinski definition) is 7. The Morgan fingerprint density at radius 1 is 1.00 bits per heavy atom. The van der Waals surface area contributed by atoms with E-state index < -0.39 is 0 Å². The molecule has 0 radical (unpaired) electrons. The molecule has 134 valence electrons. The predicted molar refractivity (Wildman–Crippen MR) is 102 cm³/mol. The van der Waals surface area contributed by atoms with Crippen LogP contribution >= 0.6 is 0 Å². The quantitative estimate of drug-likeness (QED) is 0.523. The zero-order chi connectivity index (χ0) is 18.8. The normalized spacial score (nSPS) is 14.2. The van der Waals surface area contributed by atoms with Crippen LogP contribution in [0, 0.1) is 21.4 Å². The van der Waals surface area contributed by atoms with Crippen LogP contribution in [0.4, 0.5) is 17.2 Å². The van der Waals surface area contributed by atoms with Gasteiger partial charge in [0.2, 0.25) is 0 Å². The van der Waals surface area contributed by atoms with Crippen molar-refractivity contribution in [3.05, 3.63) is 64.5 Å². The first-order valence-corrected chi connectivity index (χ1v) is 8.56. The van der Waals surface area contributed by atoms with Crippen LogP contribution in [0.3, 0.4) is 0 Å². The number of non-ortho nitro benzene ring substituents is 1. The van der Waals surface area contributed by atoms with Crippen molar-refractivity contribution in [2.75, 3.05) is 36.0 Å². The number of nitriles is 1. The highest BCUT2D eigenvalue weighted by Crippen LogP contribution is 2.32. The Bertz CT molecular complexity index is 1050. The molecule has 0 spiro atoms. The number of nitrogens with zero attached hydrogens (tertiary/aromatic N) is 6. The fraction of sp³-hybridized carbons (Fsp3) is 0.211. The van der Waals surface area contributed by atoms with Crippen LogP contribution < -0.4 is 9.80 Å². The molecule has 0 atom stereocenters. The number of benzene rings is 1. The summed E-state index contributed by atoms with van der Waals surface area (Å²) in [6.45, 7) is 2.84. The topological polar surface area (TPSA) is 99.2 Å². The minimum Gasteiger partial charge on any atom is -0.366 e. The van der Waals surface area contributed by atoms with E-state index in [1.165, 1.54) is 6.07 Å². The molecular weight excluding hydrogens is 344 g/mol. The highest BCUT2D eigenvalue weighted by atomic mass is 16.6. The first-order chi connectivity index (χ1) is 13.2. The Morgan fingerprint density at radius 2 is 1.70 bits per heavy atom. The first-order valence-electron chi connectivity index (χ1n) is 8.56. The summed E-state index contributed by atoms with van der Waals surface area (Å²) in [5.41, 5.74) is 2.15. The maximum atomic E-state index is 11.3. The highest BCUT2D eigenvalue weighted by Gasteiger charge is 2.23. The van der Waals surface area contributed by atoms with E-state index in [1.54, 1.807) is 42.7 Å². The van der Waals surface area contributed by atoms with E-state index >= 15 is 0 Å². The van der Waals surface area contributed by atoms with Gasteiger partial charge in [0, 0.05) is 44.6 Å². The molecule has 8 nitrogen and oxygen atoms in total. The molecule has 1 fully saturated rings. The van der Waals surface area contributed by atoms with Gasteiger partial charge in [-0.2, -0.15) is 5.26 Å². The van der Waals surface area contributed by atoms with Crippen LogP contribution in [0.1, 0.15) is 5.56 Å². The van der Waals surface area contributed by atoms with Crippen molar-refractivity contribution in [1.29, 1.82) is 5.26 Å². The van der Waals surface area contributed by atoms with E-state index in [9.17, 15) is 15.4 Å². The molecule has 3 aromatic rings. The number of aromatic nitrogens is 2. The second kappa shape index (κ2) is 6.88. The molecule has 0 aliphatic carbocycles. The summed E-state index contributed by atoms with van der Waals surface area (Å²) < 4.78 is 0. The van der Waals surface area contributed by atoms with Crippen molar-refractivity contribution in [1.82, 2.24) is 9.97 Å². The summed E-state index contributed by atoms with van der Waals surface area (Å²) in [4.78, 5) is 23.9. The third kappa shape index (κ3) is 3.00. The van der Waals surface area contributed by atoms with Gasteiger partial charge in [0.05, 0.1) is 21.6 Å². The van der Waals surface area contributed by atoms with E-state index in [0.29, 0.717) is 48.5 Å². The van der Waals surface area contributed by atoms with Crippen LogP contribution in [-0.4, -0.2) is 41.1 Å². The van der Waals surface area contributed by atoms with Crippen molar-refractivity contribution < 1.29 is 4.92 Å². The molecule has 27 heavy (non-hydrogen) atoms. The molecule has 0 N–H and O–H groups in total. The number of anilines is 2. The lowest BCUT2D eigenvalue weighted by atomic mass is 10.1. The fourth-order valence-electron chi connectivity index (χ4n) is 3.45. The molecule has 1 aromatic carbocycles. The smallest absolute Gasteiger partial charge is 0.278 e. The van der Waals surface area contributed by atoms with Crippen LogP contribution in [0.2, 0.25) is 0 Å². The molecule has 3 heterocycles. The maximum absolute atomic E-state index is 11.3. The monoisotopic (exact) mass is 360 g/mol. The molecule has 0 bridgehead atoms. The molecule has 0 unspecified atom stereocenters. The van der Waals surface area contributed by atoms with Gasteiger partial charge in [0.25, 0.3) is 5.69 Å². The maximum Gasteiger partial charge on any atom is 0.278 e. The third-order valence-corrected chi connectivity index (χ3v) is 4.75. The van der Waals surface area contributed by atoms with Crippen molar-refractivity contribution in [3.8, 4) is 6.07 Å². The number of fused-ring (bicyclic) bond motifs is 1. The van der Waals surface area contributed by atoms with Crippen LogP contribution in [-0.2, 0) is 0 Å². The molecule has 4 rings (SSSR count). The number of nitro groups is 1. The molecule has 8 heteroatoms.